The van der Waals surface area contributed by atoms with Gasteiger partial charge < -0.3 is 9.47 Å². The minimum absolute atomic E-state index is 0.183. The van der Waals surface area contributed by atoms with E-state index < -0.39 is 15.5 Å². The fourth-order valence-electron chi connectivity index (χ4n) is 1.72. The topological polar surface area (TPSA) is 52.6 Å². The van der Waals surface area contributed by atoms with E-state index in [2.05, 4.69) is 0 Å². The zero-order chi connectivity index (χ0) is 12.6. The first-order valence-corrected chi connectivity index (χ1v) is 6.94. The van der Waals surface area contributed by atoms with Crippen molar-refractivity contribution in [3.63, 3.8) is 0 Å². The van der Waals surface area contributed by atoms with Crippen LogP contribution in [0.4, 0.5) is 0 Å². The average molecular weight is 262 g/mol. The Bertz CT molecular complexity index is 639. The lowest BCUT2D eigenvalue weighted by atomic mass is 10.3. The van der Waals surface area contributed by atoms with Crippen LogP contribution in [0.25, 0.3) is 0 Å². The molecular formula is C13H10O4S. The van der Waals surface area contributed by atoms with E-state index in [1.165, 1.54) is 12.1 Å². The third-order valence-corrected chi connectivity index (χ3v) is 4.25. The summed E-state index contributed by atoms with van der Waals surface area (Å²) >= 11 is 0. The largest absolute Gasteiger partial charge is 0.438 e. The fraction of sp³-hybridized carbons (Fsp3) is 0.0769. The van der Waals surface area contributed by atoms with Crippen LogP contribution in [-0.2, 0) is 9.84 Å². The summed E-state index contributed by atoms with van der Waals surface area (Å²) in [5.41, 5.74) is -1.31. The molecule has 0 saturated heterocycles. The van der Waals surface area contributed by atoms with Gasteiger partial charge >= 0.3 is 5.62 Å². The van der Waals surface area contributed by atoms with E-state index in [0.717, 1.165) is 0 Å². The highest BCUT2D eigenvalue weighted by atomic mass is 32.2. The van der Waals surface area contributed by atoms with Crippen molar-refractivity contribution in [2.45, 2.75) is 10.5 Å². The Morgan fingerprint density at radius 1 is 0.778 bits per heavy atom. The van der Waals surface area contributed by atoms with E-state index >= 15 is 0 Å². The SMILES string of the molecule is O=S(=O)(c1ccccc1)C1Oc2ccccc2O1. The highest BCUT2D eigenvalue weighted by Gasteiger charge is 2.36. The summed E-state index contributed by atoms with van der Waals surface area (Å²) in [6.07, 6.45) is 0. The monoisotopic (exact) mass is 262 g/mol. The second kappa shape index (κ2) is 4.03. The third-order valence-electron chi connectivity index (χ3n) is 2.62. The molecule has 5 heteroatoms. The van der Waals surface area contributed by atoms with Gasteiger partial charge in [-0.2, -0.15) is 0 Å². The molecule has 3 rings (SSSR count). The van der Waals surface area contributed by atoms with Crippen LogP contribution in [0.15, 0.2) is 59.5 Å². The van der Waals surface area contributed by atoms with E-state index in [9.17, 15) is 8.42 Å². The average Bonchev–Trinajstić information content (AvgIpc) is 2.84. The van der Waals surface area contributed by atoms with E-state index in [1.54, 1.807) is 42.5 Å². The summed E-state index contributed by atoms with van der Waals surface area (Å²) < 4.78 is 35.1. The Morgan fingerprint density at radius 2 is 1.28 bits per heavy atom. The first-order valence-electron chi connectivity index (χ1n) is 5.39. The number of sulfone groups is 1. The number of hydrogen-bond donors (Lipinski definition) is 0. The van der Waals surface area contributed by atoms with Crippen molar-refractivity contribution in [2.75, 3.05) is 0 Å². The number of para-hydroxylation sites is 2. The minimum atomic E-state index is -3.65. The lowest BCUT2D eigenvalue weighted by Crippen LogP contribution is -2.29. The van der Waals surface area contributed by atoms with Gasteiger partial charge in [-0.3, -0.25) is 0 Å². The van der Waals surface area contributed by atoms with Gasteiger partial charge in [-0.05, 0) is 24.3 Å². The maximum Gasteiger partial charge on any atom is 0.350 e. The van der Waals surface area contributed by atoms with Gasteiger partial charge in [-0.1, -0.05) is 30.3 Å². The zero-order valence-corrected chi connectivity index (χ0v) is 10.1. The normalized spacial score (nSPS) is 14.7. The van der Waals surface area contributed by atoms with Gasteiger partial charge in [0.25, 0.3) is 9.84 Å². The first kappa shape index (κ1) is 11.1. The molecule has 2 aromatic rings. The summed E-state index contributed by atoms with van der Waals surface area (Å²) in [7, 11) is -3.65. The van der Waals surface area contributed by atoms with Crippen LogP contribution in [0, 0.1) is 0 Å². The van der Waals surface area contributed by atoms with Crippen molar-refractivity contribution in [2.24, 2.45) is 0 Å². The maximum absolute atomic E-state index is 12.3. The van der Waals surface area contributed by atoms with Crippen LogP contribution < -0.4 is 9.47 Å². The number of hydrogen-bond acceptors (Lipinski definition) is 4. The van der Waals surface area contributed by atoms with Gasteiger partial charge in [0.2, 0.25) is 0 Å². The maximum atomic E-state index is 12.3. The molecule has 18 heavy (non-hydrogen) atoms. The van der Waals surface area contributed by atoms with Crippen LogP contribution in [0.5, 0.6) is 11.5 Å². The predicted octanol–water partition coefficient (Wildman–Crippen LogP) is 2.22. The molecule has 4 nitrogen and oxygen atoms in total. The van der Waals surface area contributed by atoms with E-state index in [1.807, 2.05) is 0 Å². The van der Waals surface area contributed by atoms with Gasteiger partial charge in [0.15, 0.2) is 11.5 Å². The van der Waals surface area contributed by atoms with Gasteiger partial charge in [0.1, 0.15) is 0 Å². The molecule has 92 valence electrons. The molecular weight excluding hydrogens is 252 g/mol. The summed E-state index contributed by atoms with van der Waals surface area (Å²) in [5.74, 6) is 0.893. The quantitative estimate of drug-likeness (QED) is 0.832. The van der Waals surface area contributed by atoms with Crippen molar-refractivity contribution >= 4 is 9.84 Å². The van der Waals surface area contributed by atoms with E-state index in [-0.39, 0.29) is 4.90 Å². The van der Waals surface area contributed by atoms with Gasteiger partial charge in [-0.25, -0.2) is 8.42 Å². The second-order valence-electron chi connectivity index (χ2n) is 3.83. The van der Waals surface area contributed by atoms with Crippen LogP contribution in [0.2, 0.25) is 0 Å². The summed E-state index contributed by atoms with van der Waals surface area (Å²) in [6, 6.07) is 15.0. The molecule has 0 aromatic heterocycles. The van der Waals surface area contributed by atoms with Crippen molar-refractivity contribution in [3.8, 4) is 11.5 Å². The van der Waals surface area contributed by atoms with E-state index in [0.29, 0.717) is 11.5 Å². The molecule has 0 atom stereocenters. The first-order chi connectivity index (χ1) is 8.68. The molecule has 0 amide bonds. The molecule has 0 bridgehead atoms. The Labute approximate surface area is 105 Å². The molecule has 0 aliphatic carbocycles. The van der Waals surface area contributed by atoms with Gasteiger partial charge in [0.05, 0.1) is 4.90 Å². The molecule has 0 N–H and O–H groups in total. The molecule has 0 saturated carbocycles. The molecule has 2 aromatic carbocycles. The minimum Gasteiger partial charge on any atom is -0.438 e. The van der Waals surface area contributed by atoms with Crippen molar-refractivity contribution in [1.29, 1.82) is 0 Å². The smallest absolute Gasteiger partial charge is 0.350 e. The summed E-state index contributed by atoms with van der Waals surface area (Å²) in [4.78, 5) is 0.183. The summed E-state index contributed by atoms with van der Waals surface area (Å²) in [5, 5.41) is 0. The Hall–Kier alpha value is -2.01. The highest BCUT2D eigenvalue weighted by Crippen LogP contribution is 2.36. The second-order valence-corrected chi connectivity index (χ2v) is 5.78. The van der Waals surface area contributed by atoms with Crippen LogP contribution in [0.1, 0.15) is 0 Å². The molecule has 0 unspecified atom stereocenters. The number of rotatable bonds is 2. The fourth-order valence-corrected chi connectivity index (χ4v) is 2.94. The van der Waals surface area contributed by atoms with Gasteiger partial charge in [0, 0.05) is 0 Å². The number of fused-ring (bicyclic) bond motifs is 1. The van der Waals surface area contributed by atoms with Crippen LogP contribution in [-0.4, -0.2) is 14.0 Å². The summed E-state index contributed by atoms with van der Waals surface area (Å²) in [6.45, 7) is 0. The lowest BCUT2D eigenvalue weighted by Gasteiger charge is -2.11. The van der Waals surface area contributed by atoms with Crippen molar-refractivity contribution in [3.05, 3.63) is 54.6 Å². The lowest BCUT2D eigenvalue weighted by molar-refractivity contribution is 0.124. The van der Waals surface area contributed by atoms with Crippen LogP contribution >= 0.6 is 0 Å². The molecule has 1 heterocycles. The zero-order valence-electron chi connectivity index (χ0n) is 9.31. The Balaban J connectivity index is 1.95. The van der Waals surface area contributed by atoms with Crippen molar-refractivity contribution in [1.82, 2.24) is 0 Å². The van der Waals surface area contributed by atoms with Crippen LogP contribution in [0.3, 0.4) is 0 Å². The molecule has 1 aliphatic rings. The highest BCUT2D eigenvalue weighted by molar-refractivity contribution is 7.91. The molecule has 0 radical (unpaired) electrons. The number of benzene rings is 2. The predicted molar refractivity (Wildman–Crippen MR) is 65.1 cm³/mol. The van der Waals surface area contributed by atoms with Crippen molar-refractivity contribution < 1.29 is 17.9 Å². The third kappa shape index (κ3) is 1.73. The number of ether oxygens (including phenoxy) is 2. The van der Waals surface area contributed by atoms with Gasteiger partial charge in [-0.15, -0.1) is 0 Å². The Morgan fingerprint density at radius 3 is 1.83 bits per heavy atom. The molecule has 0 fully saturated rings. The Kier molecular flexibility index (Phi) is 2.48. The molecule has 1 aliphatic heterocycles. The molecule has 0 spiro atoms. The van der Waals surface area contributed by atoms with E-state index in [4.69, 9.17) is 9.47 Å². The standard InChI is InChI=1S/C13H10O4S/c14-18(15,10-6-2-1-3-7-10)13-16-11-8-4-5-9-12(11)17-13/h1-9,13H.